The number of para-hydroxylation sites is 1. The van der Waals surface area contributed by atoms with Crippen LogP contribution in [0.3, 0.4) is 0 Å². The summed E-state index contributed by atoms with van der Waals surface area (Å²) in [6, 6.07) is 9.14. The topological polar surface area (TPSA) is 71.2 Å². The molecule has 1 saturated heterocycles. The lowest BCUT2D eigenvalue weighted by Gasteiger charge is -2.28. The average molecular weight is 371 g/mol. The maximum absolute atomic E-state index is 13.0. The fourth-order valence-electron chi connectivity index (χ4n) is 3.68. The van der Waals surface area contributed by atoms with Crippen LogP contribution in [0.1, 0.15) is 24.7 Å². The molecule has 2 aromatic heterocycles. The molecule has 1 fully saturated rings. The van der Waals surface area contributed by atoms with Crippen LogP contribution in [0.5, 0.6) is 0 Å². The number of benzene rings is 1. The number of rotatable bonds is 4. The number of hydrogen-bond acceptors (Lipinski definition) is 5. The Balaban J connectivity index is 1.88. The largest absolute Gasteiger partial charge is 0.395 e. The second-order valence-corrected chi connectivity index (χ2v) is 6.75. The lowest BCUT2D eigenvalue weighted by atomic mass is 10.1. The summed E-state index contributed by atoms with van der Waals surface area (Å²) in [7, 11) is 0. The molecular weight excluding hydrogens is 352 g/mol. The molecule has 0 radical (unpaired) electrons. The zero-order chi connectivity index (χ0) is 18.1. The van der Waals surface area contributed by atoms with Crippen LogP contribution in [0.25, 0.3) is 10.9 Å². The van der Waals surface area contributed by atoms with Crippen molar-refractivity contribution in [3.8, 4) is 0 Å². The molecule has 1 unspecified atom stereocenters. The Kier molecular flexibility index (Phi) is 4.61. The fourth-order valence-corrected chi connectivity index (χ4v) is 3.91. The van der Waals surface area contributed by atoms with E-state index in [-0.39, 0.29) is 24.8 Å². The van der Waals surface area contributed by atoms with Crippen molar-refractivity contribution in [1.29, 1.82) is 0 Å². The van der Waals surface area contributed by atoms with Gasteiger partial charge >= 0.3 is 0 Å². The summed E-state index contributed by atoms with van der Waals surface area (Å²) in [5.41, 5.74) is 1.45. The summed E-state index contributed by atoms with van der Waals surface area (Å²) in [6.45, 7) is 0.937. The molecule has 6 nitrogen and oxygen atoms in total. The minimum atomic E-state index is -0.118. The monoisotopic (exact) mass is 370 g/mol. The van der Waals surface area contributed by atoms with E-state index in [0.29, 0.717) is 21.7 Å². The van der Waals surface area contributed by atoms with E-state index in [4.69, 9.17) is 16.6 Å². The van der Waals surface area contributed by atoms with Crippen molar-refractivity contribution in [1.82, 2.24) is 14.5 Å². The molecule has 134 valence electrons. The first-order valence-electron chi connectivity index (χ1n) is 8.67. The van der Waals surface area contributed by atoms with Crippen LogP contribution in [-0.4, -0.2) is 32.8 Å². The quantitative estimate of drug-likeness (QED) is 0.764. The van der Waals surface area contributed by atoms with Gasteiger partial charge in [-0.15, -0.1) is 0 Å². The molecule has 0 spiro atoms. The fraction of sp³-hybridized carbons (Fsp3) is 0.316. The van der Waals surface area contributed by atoms with E-state index in [9.17, 15) is 9.90 Å². The van der Waals surface area contributed by atoms with E-state index in [0.717, 1.165) is 25.1 Å². The van der Waals surface area contributed by atoms with Crippen molar-refractivity contribution < 1.29 is 5.11 Å². The number of anilines is 1. The van der Waals surface area contributed by atoms with Crippen molar-refractivity contribution in [3.63, 3.8) is 0 Å². The van der Waals surface area contributed by atoms with Crippen LogP contribution in [0.2, 0.25) is 5.02 Å². The molecule has 3 heterocycles. The van der Waals surface area contributed by atoms with Crippen LogP contribution in [0, 0.1) is 0 Å². The SMILES string of the molecule is O=c1c2ccccc2nc(C2CCCN2c2ccncc2Cl)n1CCO. The van der Waals surface area contributed by atoms with Gasteiger partial charge in [-0.2, -0.15) is 0 Å². The minimum Gasteiger partial charge on any atom is -0.395 e. The van der Waals surface area contributed by atoms with Gasteiger partial charge in [0.25, 0.3) is 5.56 Å². The Morgan fingerprint density at radius 2 is 2.12 bits per heavy atom. The zero-order valence-corrected chi connectivity index (χ0v) is 14.9. The highest BCUT2D eigenvalue weighted by atomic mass is 35.5. The second-order valence-electron chi connectivity index (χ2n) is 6.35. The van der Waals surface area contributed by atoms with Gasteiger partial charge in [-0.1, -0.05) is 23.7 Å². The van der Waals surface area contributed by atoms with E-state index in [2.05, 4.69) is 9.88 Å². The Morgan fingerprint density at radius 1 is 1.27 bits per heavy atom. The normalized spacial score (nSPS) is 17.2. The van der Waals surface area contributed by atoms with Crippen molar-refractivity contribution in [3.05, 3.63) is 63.9 Å². The van der Waals surface area contributed by atoms with Crippen LogP contribution in [-0.2, 0) is 6.54 Å². The summed E-state index contributed by atoms with van der Waals surface area (Å²) in [5.74, 6) is 0.674. The number of halogens is 1. The molecule has 26 heavy (non-hydrogen) atoms. The number of nitrogens with zero attached hydrogens (tertiary/aromatic N) is 4. The lowest BCUT2D eigenvalue weighted by Crippen LogP contribution is -2.33. The van der Waals surface area contributed by atoms with Crippen LogP contribution >= 0.6 is 11.6 Å². The van der Waals surface area contributed by atoms with Crippen LogP contribution in [0.4, 0.5) is 5.69 Å². The van der Waals surface area contributed by atoms with Gasteiger partial charge in [-0.25, -0.2) is 4.98 Å². The molecule has 0 saturated carbocycles. The highest BCUT2D eigenvalue weighted by Gasteiger charge is 2.31. The predicted molar refractivity (Wildman–Crippen MR) is 102 cm³/mol. The third-order valence-electron chi connectivity index (χ3n) is 4.83. The Morgan fingerprint density at radius 3 is 2.92 bits per heavy atom. The molecule has 3 aromatic rings. The first-order valence-corrected chi connectivity index (χ1v) is 9.05. The molecule has 1 N–H and O–H groups in total. The number of pyridine rings is 1. The minimum absolute atomic E-state index is 0.0706. The third kappa shape index (κ3) is 2.85. The standard InChI is InChI=1S/C19H19ClN4O2/c20-14-12-21-8-7-16(14)23-9-3-6-17(23)18-22-15-5-2-1-4-13(15)19(26)24(18)10-11-25/h1-2,4-5,7-8,12,17,25H,3,6,9-11H2. The van der Waals surface area contributed by atoms with Gasteiger partial charge in [0.05, 0.1) is 40.8 Å². The molecule has 1 aliphatic rings. The van der Waals surface area contributed by atoms with Gasteiger partial charge in [-0.3, -0.25) is 14.3 Å². The van der Waals surface area contributed by atoms with Crippen molar-refractivity contribution in [2.45, 2.75) is 25.4 Å². The highest BCUT2D eigenvalue weighted by molar-refractivity contribution is 6.33. The van der Waals surface area contributed by atoms with Crippen molar-refractivity contribution in [2.75, 3.05) is 18.1 Å². The summed E-state index contributed by atoms with van der Waals surface area (Å²) in [6.07, 6.45) is 5.19. The van der Waals surface area contributed by atoms with Crippen molar-refractivity contribution in [2.24, 2.45) is 0 Å². The van der Waals surface area contributed by atoms with Gasteiger partial charge in [0.2, 0.25) is 0 Å². The third-order valence-corrected chi connectivity index (χ3v) is 5.12. The number of aromatic nitrogens is 3. The molecule has 4 rings (SSSR count). The smallest absolute Gasteiger partial charge is 0.261 e. The van der Waals surface area contributed by atoms with E-state index >= 15 is 0 Å². The summed E-state index contributed by atoms with van der Waals surface area (Å²) in [4.78, 5) is 24.0. The van der Waals surface area contributed by atoms with Gasteiger partial charge in [0, 0.05) is 18.9 Å². The highest BCUT2D eigenvalue weighted by Crippen LogP contribution is 2.38. The molecule has 1 aromatic carbocycles. The van der Waals surface area contributed by atoms with Gasteiger partial charge in [0.1, 0.15) is 5.82 Å². The van der Waals surface area contributed by atoms with Crippen LogP contribution < -0.4 is 10.5 Å². The van der Waals surface area contributed by atoms with Gasteiger partial charge in [-0.05, 0) is 31.0 Å². The average Bonchev–Trinajstić information content (AvgIpc) is 3.14. The Hall–Kier alpha value is -2.44. The molecule has 0 amide bonds. The molecule has 1 atom stereocenters. The summed E-state index contributed by atoms with van der Waals surface area (Å²) >= 11 is 6.35. The second kappa shape index (κ2) is 7.05. The van der Waals surface area contributed by atoms with E-state index in [1.54, 1.807) is 23.0 Å². The predicted octanol–water partition coefficient (Wildman–Crippen LogP) is 2.78. The van der Waals surface area contributed by atoms with E-state index in [1.807, 2.05) is 24.3 Å². The maximum Gasteiger partial charge on any atom is 0.261 e. The molecular formula is C19H19ClN4O2. The first kappa shape index (κ1) is 17.0. The number of aliphatic hydroxyl groups excluding tert-OH is 1. The van der Waals surface area contributed by atoms with Crippen molar-refractivity contribution >= 4 is 28.2 Å². The Labute approximate surface area is 155 Å². The Bertz CT molecular complexity index is 1000. The van der Waals surface area contributed by atoms with E-state index in [1.165, 1.54) is 0 Å². The zero-order valence-electron chi connectivity index (χ0n) is 14.2. The number of fused-ring (bicyclic) bond motifs is 1. The van der Waals surface area contributed by atoms with E-state index < -0.39 is 0 Å². The molecule has 1 aliphatic heterocycles. The summed E-state index contributed by atoms with van der Waals surface area (Å²) < 4.78 is 1.60. The first-order chi connectivity index (χ1) is 12.7. The number of aliphatic hydroxyl groups is 1. The molecule has 0 aliphatic carbocycles. The molecule has 0 bridgehead atoms. The maximum atomic E-state index is 13.0. The number of hydrogen-bond donors (Lipinski definition) is 1. The van der Waals surface area contributed by atoms with Gasteiger partial charge in [0.15, 0.2) is 0 Å². The molecule has 7 heteroatoms. The van der Waals surface area contributed by atoms with Crippen LogP contribution in [0.15, 0.2) is 47.5 Å². The lowest BCUT2D eigenvalue weighted by molar-refractivity contribution is 0.270. The summed E-state index contributed by atoms with van der Waals surface area (Å²) in [5, 5.41) is 10.6. The van der Waals surface area contributed by atoms with Gasteiger partial charge < -0.3 is 10.0 Å².